The summed E-state index contributed by atoms with van der Waals surface area (Å²) in [4.78, 5) is 14.7. The van der Waals surface area contributed by atoms with Gasteiger partial charge < -0.3 is 4.90 Å². The Labute approximate surface area is 181 Å². The van der Waals surface area contributed by atoms with Gasteiger partial charge in [-0.3, -0.25) is 4.79 Å². The summed E-state index contributed by atoms with van der Waals surface area (Å²) in [6.45, 7) is 2.43. The van der Waals surface area contributed by atoms with Crippen molar-refractivity contribution in [1.82, 2.24) is 14.7 Å². The summed E-state index contributed by atoms with van der Waals surface area (Å²) in [6.07, 6.45) is 1.99. The Morgan fingerprint density at radius 1 is 1.00 bits per heavy atom. The number of hydrogen-bond donors (Lipinski definition) is 0. The van der Waals surface area contributed by atoms with E-state index in [1.165, 1.54) is 0 Å². The number of carbonyl (C=O) groups excluding carboxylic acids is 1. The molecule has 0 aliphatic rings. The van der Waals surface area contributed by atoms with Gasteiger partial charge in [0.05, 0.1) is 11.4 Å². The Morgan fingerprint density at radius 3 is 2.43 bits per heavy atom. The van der Waals surface area contributed by atoms with Crippen molar-refractivity contribution in [2.24, 2.45) is 0 Å². The van der Waals surface area contributed by atoms with Crippen LogP contribution in [-0.4, -0.2) is 27.6 Å². The Hall–Kier alpha value is -3.37. The first-order valence-corrected chi connectivity index (χ1v) is 10.1. The molecule has 1 aromatic heterocycles. The van der Waals surface area contributed by atoms with Gasteiger partial charge in [-0.15, -0.1) is 0 Å². The molecule has 0 N–H and O–H groups in total. The lowest BCUT2D eigenvalue weighted by Gasteiger charge is -2.17. The van der Waals surface area contributed by atoms with Crippen molar-refractivity contribution in [1.29, 1.82) is 0 Å². The van der Waals surface area contributed by atoms with E-state index in [-0.39, 0.29) is 5.91 Å². The first kappa shape index (κ1) is 19.9. The smallest absolute Gasteiger partial charge is 0.253 e. The first-order valence-electron chi connectivity index (χ1n) is 9.73. The molecule has 0 unspecified atom stereocenters. The van der Waals surface area contributed by atoms with Crippen LogP contribution in [0.25, 0.3) is 16.9 Å². The van der Waals surface area contributed by atoms with Crippen molar-refractivity contribution >= 4 is 17.5 Å². The van der Waals surface area contributed by atoms with Crippen LogP contribution in [-0.2, 0) is 6.54 Å². The Bertz CT molecular complexity index is 1170. The lowest BCUT2D eigenvalue weighted by atomic mass is 10.1. The van der Waals surface area contributed by atoms with E-state index in [4.69, 9.17) is 16.7 Å². The zero-order valence-corrected chi connectivity index (χ0v) is 17.7. The van der Waals surface area contributed by atoms with Gasteiger partial charge in [0.25, 0.3) is 5.91 Å². The van der Waals surface area contributed by atoms with Crippen LogP contribution in [0.5, 0.6) is 0 Å². The molecule has 3 aromatic carbocycles. The number of aryl methyl sites for hydroxylation is 1. The molecule has 30 heavy (non-hydrogen) atoms. The van der Waals surface area contributed by atoms with Crippen LogP contribution in [0.4, 0.5) is 0 Å². The highest BCUT2D eigenvalue weighted by atomic mass is 35.5. The van der Waals surface area contributed by atoms with Gasteiger partial charge in [0.1, 0.15) is 0 Å². The average Bonchev–Trinajstić information content (AvgIpc) is 3.18. The largest absolute Gasteiger partial charge is 0.337 e. The van der Waals surface area contributed by atoms with Gasteiger partial charge in [-0.1, -0.05) is 59.6 Å². The van der Waals surface area contributed by atoms with Crippen molar-refractivity contribution < 1.29 is 4.79 Å². The number of carbonyl (C=O) groups is 1. The molecule has 1 heterocycles. The molecule has 0 saturated carbocycles. The molecule has 1 amide bonds. The molecule has 0 aliphatic carbocycles. The van der Waals surface area contributed by atoms with E-state index in [1.54, 1.807) is 4.90 Å². The summed E-state index contributed by atoms with van der Waals surface area (Å²) in [7, 11) is 1.82. The van der Waals surface area contributed by atoms with Crippen molar-refractivity contribution in [3.05, 3.63) is 107 Å². The molecule has 0 aliphatic heterocycles. The van der Waals surface area contributed by atoms with Crippen LogP contribution in [0, 0.1) is 6.92 Å². The zero-order valence-electron chi connectivity index (χ0n) is 16.9. The fraction of sp³-hybridized carbons (Fsp3) is 0.120. The SMILES string of the molecule is Cc1cccc(C(=O)N(C)Cc2cn(-c3ccccc3)nc2-c2ccc(Cl)cc2)c1. The average molecular weight is 416 g/mol. The zero-order chi connectivity index (χ0) is 21.1. The van der Waals surface area contributed by atoms with Gasteiger partial charge in [-0.25, -0.2) is 4.68 Å². The number of aromatic nitrogens is 2. The van der Waals surface area contributed by atoms with E-state index in [0.717, 1.165) is 28.1 Å². The number of rotatable bonds is 5. The second-order valence-corrected chi connectivity index (χ2v) is 7.76. The van der Waals surface area contributed by atoms with Gasteiger partial charge in [0, 0.05) is 41.5 Å². The highest BCUT2D eigenvalue weighted by Gasteiger charge is 2.18. The third kappa shape index (κ3) is 4.29. The lowest BCUT2D eigenvalue weighted by Crippen LogP contribution is -2.26. The first-order chi connectivity index (χ1) is 14.5. The molecule has 4 nitrogen and oxygen atoms in total. The monoisotopic (exact) mass is 415 g/mol. The lowest BCUT2D eigenvalue weighted by molar-refractivity contribution is 0.0785. The Morgan fingerprint density at radius 2 is 1.73 bits per heavy atom. The van der Waals surface area contributed by atoms with Crippen molar-refractivity contribution in [2.45, 2.75) is 13.5 Å². The Balaban J connectivity index is 1.69. The second kappa shape index (κ2) is 8.56. The van der Waals surface area contributed by atoms with E-state index >= 15 is 0 Å². The standard InChI is InChI=1S/C25H22ClN3O/c1-18-7-6-8-20(15-18)25(30)28(2)16-21-17-29(23-9-4-3-5-10-23)27-24(21)19-11-13-22(26)14-12-19/h3-15,17H,16H2,1-2H3. The van der Waals surface area contributed by atoms with Crippen LogP contribution in [0.2, 0.25) is 5.02 Å². The maximum Gasteiger partial charge on any atom is 0.253 e. The number of amides is 1. The quantitative estimate of drug-likeness (QED) is 0.414. The summed E-state index contributed by atoms with van der Waals surface area (Å²) in [5.41, 5.74) is 5.46. The van der Waals surface area contributed by atoms with Crippen LogP contribution in [0.3, 0.4) is 0 Å². The van der Waals surface area contributed by atoms with Crippen LogP contribution < -0.4 is 0 Å². The minimum atomic E-state index is -0.0202. The van der Waals surface area contributed by atoms with Crippen molar-refractivity contribution in [2.75, 3.05) is 7.05 Å². The predicted octanol–water partition coefficient (Wildman–Crippen LogP) is 5.77. The molecular formula is C25H22ClN3O. The van der Waals surface area contributed by atoms with Gasteiger partial charge >= 0.3 is 0 Å². The molecule has 0 spiro atoms. The highest BCUT2D eigenvalue weighted by molar-refractivity contribution is 6.30. The van der Waals surface area contributed by atoms with E-state index < -0.39 is 0 Å². The number of para-hydroxylation sites is 1. The summed E-state index contributed by atoms with van der Waals surface area (Å²) in [6, 6.07) is 25.2. The second-order valence-electron chi connectivity index (χ2n) is 7.32. The topological polar surface area (TPSA) is 38.1 Å². The highest BCUT2D eigenvalue weighted by Crippen LogP contribution is 2.26. The van der Waals surface area contributed by atoms with Gasteiger partial charge in [-0.05, 0) is 43.3 Å². The maximum atomic E-state index is 13.0. The number of hydrogen-bond acceptors (Lipinski definition) is 2. The molecule has 5 heteroatoms. The number of halogens is 1. The van der Waals surface area contributed by atoms with E-state index in [1.807, 2.05) is 104 Å². The van der Waals surface area contributed by atoms with Gasteiger partial charge in [-0.2, -0.15) is 5.10 Å². The molecule has 0 fully saturated rings. The third-order valence-corrected chi connectivity index (χ3v) is 5.20. The van der Waals surface area contributed by atoms with Gasteiger partial charge in [0.15, 0.2) is 0 Å². The molecule has 4 rings (SSSR count). The maximum absolute atomic E-state index is 13.0. The number of benzene rings is 3. The molecule has 0 bridgehead atoms. The molecule has 0 atom stereocenters. The normalized spacial score (nSPS) is 10.8. The van der Waals surface area contributed by atoms with Crippen molar-refractivity contribution in [3.8, 4) is 16.9 Å². The van der Waals surface area contributed by atoms with E-state index in [2.05, 4.69) is 0 Å². The molecular weight excluding hydrogens is 394 g/mol. The van der Waals surface area contributed by atoms with Crippen LogP contribution in [0.15, 0.2) is 85.1 Å². The summed E-state index contributed by atoms with van der Waals surface area (Å²) >= 11 is 6.07. The molecule has 0 saturated heterocycles. The van der Waals surface area contributed by atoms with Crippen molar-refractivity contribution in [3.63, 3.8) is 0 Å². The molecule has 4 aromatic rings. The van der Waals surface area contributed by atoms with E-state index in [0.29, 0.717) is 17.1 Å². The molecule has 150 valence electrons. The fourth-order valence-electron chi connectivity index (χ4n) is 3.41. The minimum Gasteiger partial charge on any atom is -0.337 e. The minimum absolute atomic E-state index is 0.0202. The Kier molecular flexibility index (Phi) is 5.68. The summed E-state index contributed by atoms with van der Waals surface area (Å²) in [5.74, 6) is -0.0202. The summed E-state index contributed by atoms with van der Waals surface area (Å²) < 4.78 is 1.85. The molecule has 0 radical (unpaired) electrons. The third-order valence-electron chi connectivity index (χ3n) is 4.95. The summed E-state index contributed by atoms with van der Waals surface area (Å²) in [5, 5.41) is 5.49. The predicted molar refractivity (Wildman–Crippen MR) is 121 cm³/mol. The number of nitrogens with zero attached hydrogens (tertiary/aromatic N) is 3. The van der Waals surface area contributed by atoms with Gasteiger partial charge in [0.2, 0.25) is 0 Å². The van der Waals surface area contributed by atoms with Crippen LogP contribution in [0.1, 0.15) is 21.5 Å². The van der Waals surface area contributed by atoms with Crippen LogP contribution >= 0.6 is 11.6 Å². The van der Waals surface area contributed by atoms with E-state index in [9.17, 15) is 4.79 Å². The fourth-order valence-corrected chi connectivity index (χ4v) is 3.54.